The average molecular weight is 407 g/mol. The van der Waals surface area contributed by atoms with Gasteiger partial charge < -0.3 is 10.6 Å². The number of carbonyl (C=O) groups is 1. The van der Waals surface area contributed by atoms with E-state index in [9.17, 15) is 4.79 Å². The summed E-state index contributed by atoms with van der Waals surface area (Å²) in [7, 11) is 0. The standard InChI is InChI=1S/C27H38N2O/c1-17(2)19-12-11-13-20(18(3)4)24(19)29-25(30)28-23-16-26(5,6)21-14-9-10-15-22(21)27(23,7)8/h9-15,17-18,23H,16H2,1-8H3,(H2,28,29,30). The zero-order valence-corrected chi connectivity index (χ0v) is 19.9. The molecule has 0 aromatic heterocycles. The summed E-state index contributed by atoms with van der Waals surface area (Å²) in [6.45, 7) is 17.7. The van der Waals surface area contributed by atoms with Gasteiger partial charge in [0, 0.05) is 17.1 Å². The highest BCUT2D eigenvalue weighted by Gasteiger charge is 2.44. The van der Waals surface area contributed by atoms with Gasteiger partial charge in [0.25, 0.3) is 0 Å². The molecule has 1 aliphatic rings. The maximum atomic E-state index is 13.2. The van der Waals surface area contributed by atoms with Crippen molar-refractivity contribution in [3.63, 3.8) is 0 Å². The van der Waals surface area contributed by atoms with Gasteiger partial charge in [-0.25, -0.2) is 4.79 Å². The minimum Gasteiger partial charge on any atom is -0.334 e. The number of carbonyl (C=O) groups excluding carboxylic acids is 1. The van der Waals surface area contributed by atoms with Crippen molar-refractivity contribution in [2.75, 3.05) is 5.32 Å². The van der Waals surface area contributed by atoms with Crippen molar-refractivity contribution in [1.82, 2.24) is 5.32 Å². The lowest BCUT2D eigenvalue weighted by Gasteiger charge is -2.47. The van der Waals surface area contributed by atoms with E-state index in [1.807, 2.05) is 0 Å². The van der Waals surface area contributed by atoms with E-state index in [4.69, 9.17) is 0 Å². The van der Waals surface area contributed by atoms with Crippen LogP contribution in [0.5, 0.6) is 0 Å². The monoisotopic (exact) mass is 406 g/mol. The maximum Gasteiger partial charge on any atom is 0.319 e. The second-order valence-electron chi connectivity index (χ2n) is 10.6. The smallest absolute Gasteiger partial charge is 0.319 e. The van der Waals surface area contributed by atoms with Gasteiger partial charge >= 0.3 is 6.03 Å². The van der Waals surface area contributed by atoms with E-state index in [2.05, 4.69) is 108 Å². The number of hydrogen-bond acceptors (Lipinski definition) is 1. The van der Waals surface area contributed by atoms with Crippen LogP contribution in [-0.4, -0.2) is 12.1 Å². The Balaban J connectivity index is 1.89. The molecule has 162 valence electrons. The predicted molar refractivity (Wildman–Crippen MR) is 128 cm³/mol. The second-order valence-corrected chi connectivity index (χ2v) is 10.6. The van der Waals surface area contributed by atoms with Crippen molar-refractivity contribution >= 4 is 11.7 Å². The molecule has 0 spiro atoms. The van der Waals surface area contributed by atoms with E-state index in [0.717, 1.165) is 12.1 Å². The Morgan fingerprint density at radius 2 is 1.40 bits per heavy atom. The lowest BCUT2D eigenvalue weighted by atomic mass is 9.60. The molecule has 3 heteroatoms. The molecule has 0 saturated carbocycles. The van der Waals surface area contributed by atoms with Crippen molar-refractivity contribution in [2.24, 2.45) is 0 Å². The molecule has 1 unspecified atom stereocenters. The van der Waals surface area contributed by atoms with Gasteiger partial charge in [-0.15, -0.1) is 0 Å². The van der Waals surface area contributed by atoms with Crippen molar-refractivity contribution in [3.05, 3.63) is 64.7 Å². The quantitative estimate of drug-likeness (QED) is 0.559. The highest BCUT2D eigenvalue weighted by Crippen LogP contribution is 2.45. The first-order valence-corrected chi connectivity index (χ1v) is 11.3. The number of urea groups is 1. The molecule has 30 heavy (non-hydrogen) atoms. The third kappa shape index (κ3) is 4.12. The highest BCUT2D eigenvalue weighted by molar-refractivity contribution is 5.91. The zero-order valence-electron chi connectivity index (χ0n) is 19.9. The van der Waals surface area contributed by atoms with E-state index in [1.165, 1.54) is 22.3 Å². The first-order chi connectivity index (χ1) is 13.9. The molecule has 2 aromatic rings. The van der Waals surface area contributed by atoms with Gasteiger partial charge in [0.1, 0.15) is 0 Å². The van der Waals surface area contributed by atoms with E-state index < -0.39 is 0 Å². The van der Waals surface area contributed by atoms with Crippen LogP contribution in [0.15, 0.2) is 42.5 Å². The summed E-state index contributed by atoms with van der Waals surface area (Å²) in [5.41, 5.74) is 5.94. The fourth-order valence-corrected chi connectivity index (χ4v) is 4.93. The van der Waals surface area contributed by atoms with Crippen molar-refractivity contribution in [2.45, 2.75) is 90.5 Å². The molecule has 2 amide bonds. The summed E-state index contributed by atoms with van der Waals surface area (Å²) in [5.74, 6) is 0.687. The van der Waals surface area contributed by atoms with Crippen LogP contribution in [0.2, 0.25) is 0 Å². The average Bonchev–Trinajstić information content (AvgIpc) is 2.66. The maximum absolute atomic E-state index is 13.2. The van der Waals surface area contributed by atoms with E-state index in [0.29, 0.717) is 11.8 Å². The molecule has 3 rings (SSSR count). The zero-order chi connectivity index (χ0) is 22.3. The van der Waals surface area contributed by atoms with Gasteiger partial charge in [0.15, 0.2) is 0 Å². The molecule has 0 bridgehead atoms. The van der Waals surface area contributed by atoms with E-state index in [1.54, 1.807) is 0 Å². The third-order valence-corrected chi connectivity index (χ3v) is 6.85. The Hall–Kier alpha value is -2.29. The number of benzene rings is 2. The number of hydrogen-bond donors (Lipinski definition) is 2. The molecular formula is C27H38N2O. The molecule has 1 aliphatic carbocycles. The van der Waals surface area contributed by atoms with Crippen LogP contribution in [0.3, 0.4) is 0 Å². The summed E-state index contributed by atoms with van der Waals surface area (Å²) in [6, 6.07) is 15.0. The summed E-state index contributed by atoms with van der Waals surface area (Å²) in [5, 5.41) is 6.56. The van der Waals surface area contributed by atoms with Crippen molar-refractivity contribution in [1.29, 1.82) is 0 Å². The number of rotatable bonds is 4. The Bertz CT molecular complexity index is 898. The summed E-state index contributed by atoms with van der Waals surface area (Å²) >= 11 is 0. The summed E-state index contributed by atoms with van der Waals surface area (Å²) < 4.78 is 0. The van der Waals surface area contributed by atoms with Crippen molar-refractivity contribution < 1.29 is 4.79 Å². The fraction of sp³-hybridized carbons (Fsp3) is 0.519. The number of nitrogens with one attached hydrogen (secondary N) is 2. The first kappa shape index (κ1) is 22.4. The van der Waals surface area contributed by atoms with Gasteiger partial charge in [-0.05, 0) is 45.9 Å². The van der Waals surface area contributed by atoms with E-state index >= 15 is 0 Å². The molecular weight excluding hydrogens is 368 g/mol. The molecule has 2 N–H and O–H groups in total. The molecule has 0 fully saturated rings. The Kier molecular flexibility index (Phi) is 6.04. The second kappa shape index (κ2) is 8.09. The largest absolute Gasteiger partial charge is 0.334 e. The molecule has 0 aliphatic heterocycles. The van der Waals surface area contributed by atoms with Crippen molar-refractivity contribution in [3.8, 4) is 0 Å². The lowest BCUT2D eigenvalue weighted by Crippen LogP contribution is -2.55. The Morgan fingerprint density at radius 1 is 0.867 bits per heavy atom. The minimum absolute atomic E-state index is 0.0169. The van der Waals surface area contributed by atoms with Crippen LogP contribution in [0.4, 0.5) is 10.5 Å². The predicted octanol–water partition coefficient (Wildman–Crippen LogP) is 7.08. The summed E-state index contributed by atoms with van der Waals surface area (Å²) in [6.07, 6.45) is 0.910. The normalized spacial score (nSPS) is 19.5. The van der Waals surface area contributed by atoms with Crippen LogP contribution >= 0.6 is 0 Å². The van der Waals surface area contributed by atoms with Crippen LogP contribution in [0.1, 0.15) is 95.9 Å². The van der Waals surface area contributed by atoms with Gasteiger partial charge in [0.2, 0.25) is 0 Å². The summed E-state index contributed by atoms with van der Waals surface area (Å²) in [4.78, 5) is 13.2. The minimum atomic E-state index is -0.137. The number of amides is 2. The van der Waals surface area contributed by atoms with Gasteiger partial charge in [-0.3, -0.25) is 0 Å². The number of para-hydroxylation sites is 1. The Morgan fingerprint density at radius 3 is 1.93 bits per heavy atom. The van der Waals surface area contributed by atoms with Crippen LogP contribution in [0.25, 0.3) is 0 Å². The Labute approximate surface area is 182 Å². The molecule has 0 heterocycles. The molecule has 0 radical (unpaired) electrons. The molecule has 3 nitrogen and oxygen atoms in total. The first-order valence-electron chi connectivity index (χ1n) is 11.3. The SMILES string of the molecule is CC(C)c1cccc(C(C)C)c1NC(=O)NC1CC(C)(C)c2ccccc2C1(C)C. The van der Waals surface area contributed by atoms with Gasteiger partial charge in [-0.2, -0.15) is 0 Å². The fourth-order valence-electron chi connectivity index (χ4n) is 4.93. The van der Waals surface area contributed by atoms with Crippen LogP contribution < -0.4 is 10.6 Å². The molecule has 2 aromatic carbocycles. The van der Waals surface area contributed by atoms with Crippen LogP contribution in [-0.2, 0) is 10.8 Å². The highest BCUT2D eigenvalue weighted by atomic mass is 16.2. The number of fused-ring (bicyclic) bond motifs is 1. The lowest BCUT2D eigenvalue weighted by molar-refractivity contribution is 0.220. The van der Waals surface area contributed by atoms with Gasteiger partial charge in [0.05, 0.1) is 0 Å². The van der Waals surface area contributed by atoms with Gasteiger partial charge in [-0.1, -0.05) is 97.9 Å². The molecule has 0 saturated heterocycles. The molecule has 1 atom stereocenters. The topological polar surface area (TPSA) is 41.1 Å². The number of anilines is 1. The van der Waals surface area contributed by atoms with E-state index in [-0.39, 0.29) is 22.9 Å². The third-order valence-electron chi connectivity index (χ3n) is 6.85. The van der Waals surface area contributed by atoms with Crippen LogP contribution in [0, 0.1) is 0 Å².